The van der Waals surface area contributed by atoms with Crippen LogP contribution in [0.3, 0.4) is 0 Å². The molecule has 0 unspecified atom stereocenters. The number of hydrogen-bond donors (Lipinski definition) is 0. The molecule has 1 aromatic rings. The molecular weight excluding hydrogens is 227 g/mol. The van der Waals surface area contributed by atoms with Gasteiger partial charge < -0.3 is 9.47 Å². The van der Waals surface area contributed by atoms with Gasteiger partial charge in [-0.3, -0.25) is 9.59 Å². The topological polar surface area (TPSA) is 52.6 Å². The molecule has 0 amide bonds. The summed E-state index contributed by atoms with van der Waals surface area (Å²) in [5.41, 5.74) is 0.485. The molecule has 0 aliphatic rings. The zero-order valence-corrected chi connectivity index (χ0v) is 9.60. The number of carbonyl (C=O) groups is 2. The van der Waals surface area contributed by atoms with E-state index in [2.05, 4.69) is 4.74 Å². The molecule has 17 heavy (non-hydrogen) atoms. The van der Waals surface area contributed by atoms with Crippen LogP contribution in [0.4, 0.5) is 4.39 Å². The molecule has 0 aromatic heterocycles. The summed E-state index contributed by atoms with van der Waals surface area (Å²) in [5.74, 6) is -1.61. The number of carbonyl (C=O) groups excluding carboxylic acids is 2. The van der Waals surface area contributed by atoms with Gasteiger partial charge in [-0.05, 0) is 17.7 Å². The maximum absolute atomic E-state index is 13.5. The molecule has 0 spiro atoms. The second-order valence-electron chi connectivity index (χ2n) is 3.75. The highest BCUT2D eigenvalue weighted by atomic mass is 19.1. The van der Waals surface area contributed by atoms with E-state index in [9.17, 15) is 14.0 Å². The van der Waals surface area contributed by atoms with Crippen LogP contribution >= 0.6 is 0 Å². The van der Waals surface area contributed by atoms with Crippen LogP contribution < -0.4 is 4.74 Å². The quantitative estimate of drug-likeness (QED) is 0.449. The van der Waals surface area contributed by atoms with Crippen LogP contribution in [0.2, 0.25) is 0 Å². The van der Waals surface area contributed by atoms with Crippen molar-refractivity contribution in [1.29, 1.82) is 0 Å². The number of hydrogen-bond acceptors (Lipinski definition) is 4. The maximum atomic E-state index is 13.5. The molecule has 0 saturated heterocycles. The standard InChI is InChI=1S/C12H13FO4/c1-8(2)12(15)17-11-4-3-9(5-10(11)13)6-16-7-14/h3-5,7-8H,6H2,1-2H3. The summed E-state index contributed by atoms with van der Waals surface area (Å²) in [7, 11) is 0. The first-order chi connectivity index (χ1) is 8.04. The number of halogens is 1. The van der Waals surface area contributed by atoms with Crippen molar-refractivity contribution in [3.63, 3.8) is 0 Å². The summed E-state index contributed by atoms with van der Waals surface area (Å²) in [6.07, 6.45) is 0. The van der Waals surface area contributed by atoms with Gasteiger partial charge in [-0.25, -0.2) is 4.39 Å². The number of esters is 1. The Balaban J connectivity index is 2.75. The summed E-state index contributed by atoms with van der Waals surface area (Å²) in [4.78, 5) is 21.2. The van der Waals surface area contributed by atoms with E-state index in [1.807, 2.05) is 0 Å². The first-order valence-electron chi connectivity index (χ1n) is 5.10. The van der Waals surface area contributed by atoms with E-state index in [0.29, 0.717) is 5.56 Å². The lowest BCUT2D eigenvalue weighted by Crippen LogP contribution is -2.15. The van der Waals surface area contributed by atoms with Crippen LogP contribution in [0.15, 0.2) is 18.2 Å². The van der Waals surface area contributed by atoms with E-state index >= 15 is 0 Å². The Morgan fingerprint density at radius 1 is 1.47 bits per heavy atom. The Hall–Kier alpha value is -1.91. The highest BCUT2D eigenvalue weighted by molar-refractivity contribution is 5.74. The van der Waals surface area contributed by atoms with Crippen molar-refractivity contribution >= 4 is 12.4 Å². The van der Waals surface area contributed by atoms with E-state index in [4.69, 9.17) is 4.74 Å². The normalized spacial score (nSPS) is 10.1. The molecule has 1 aromatic carbocycles. The molecule has 4 nitrogen and oxygen atoms in total. The van der Waals surface area contributed by atoms with Crippen molar-refractivity contribution in [1.82, 2.24) is 0 Å². The summed E-state index contributed by atoms with van der Waals surface area (Å²) in [6.45, 7) is 3.59. The fraction of sp³-hybridized carbons (Fsp3) is 0.333. The predicted octanol–water partition coefficient (Wildman–Crippen LogP) is 2.06. The van der Waals surface area contributed by atoms with Gasteiger partial charge in [0.25, 0.3) is 6.47 Å². The van der Waals surface area contributed by atoms with Gasteiger partial charge >= 0.3 is 5.97 Å². The fourth-order valence-corrected chi connectivity index (χ4v) is 1.07. The van der Waals surface area contributed by atoms with E-state index in [0.717, 1.165) is 6.07 Å². The molecule has 1 rings (SSSR count). The fourth-order valence-electron chi connectivity index (χ4n) is 1.07. The summed E-state index contributed by atoms with van der Waals surface area (Å²) < 4.78 is 22.8. The van der Waals surface area contributed by atoms with Gasteiger partial charge in [0, 0.05) is 0 Å². The van der Waals surface area contributed by atoms with Gasteiger partial charge in [0.05, 0.1) is 5.92 Å². The second kappa shape index (κ2) is 5.98. The molecule has 0 atom stereocenters. The van der Waals surface area contributed by atoms with Gasteiger partial charge in [-0.2, -0.15) is 0 Å². The third-order valence-electron chi connectivity index (χ3n) is 2.00. The lowest BCUT2D eigenvalue weighted by atomic mass is 10.2. The molecule has 0 heterocycles. The Morgan fingerprint density at radius 2 is 2.18 bits per heavy atom. The molecule has 0 saturated carbocycles. The average molecular weight is 240 g/mol. The van der Waals surface area contributed by atoms with Gasteiger partial charge in [0.2, 0.25) is 0 Å². The van der Waals surface area contributed by atoms with Crippen molar-refractivity contribution in [3.8, 4) is 5.75 Å². The van der Waals surface area contributed by atoms with E-state index < -0.39 is 11.8 Å². The second-order valence-corrected chi connectivity index (χ2v) is 3.75. The van der Waals surface area contributed by atoms with Crippen LogP contribution in [-0.2, 0) is 20.9 Å². The Labute approximate surface area is 98.3 Å². The minimum Gasteiger partial charge on any atom is -0.463 e. The lowest BCUT2D eigenvalue weighted by Gasteiger charge is -2.08. The minimum absolute atomic E-state index is 0.0151. The van der Waals surface area contributed by atoms with Crippen LogP contribution in [0, 0.1) is 11.7 Å². The highest BCUT2D eigenvalue weighted by Crippen LogP contribution is 2.19. The molecule has 0 radical (unpaired) electrons. The van der Waals surface area contributed by atoms with Crippen molar-refractivity contribution in [2.75, 3.05) is 0 Å². The summed E-state index contributed by atoms with van der Waals surface area (Å²) >= 11 is 0. The van der Waals surface area contributed by atoms with Gasteiger partial charge in [-0.1, -0.05) is 19.9 Å². The lowest BCUT2D eigenvalue weighted by molar-refractivity contribution is -0.138. The zero-order chi connectivity index (χ0) is 12.8. The Kier molecular flexibility index (Phi) is 4.63. The SMILES string of the molecule is CC(C)C(=O)Oc1ccc(COC=O)cc1F. The van der Waals surface area contributed by atoms with Crippen LogP contribution in [0.25, 0.3) is 0 Å². The van der Waals surface area contributed by atoms with Crippen molar-refractivity contribution in [2.24, 2.45) is 5.92 Å². The molecule has 0 N–H and O–H groups in total. The molecular formula is C12H13FO4. The minimum atomic E-state index is -0.661. The highest BCUT2D eigenvalue weighted by Gasteiger charge is 2.13. The van der Waals surface area contributed by atoms with E-state index in [1.165, 1.54) is 12.1 Å². The average Bonchev–Trinajstić information content (AvgIpc) is 2.29. The number of rotatable bonds is 5. The smallest absolute Gasteiger partial charge is 0.313 e. The third kappa shape index (κ3) is 3.86. The molecule has 0 fully saturated rings. The monoisotopic (exact) mass is 240 g/mol. The summed E-state index contributed by atoms with van der Waals surface area (Å²) in [5, 5.41) is 0. The van der Waals surface area contributed by atoms with Crippen LogP contribution in [-0.4, -0.2) is 12.4 Å². The zero-order valence-electron chi connectivity index (χ0n) is 9.60. The first kappa shape index (κ1) is 13.2. The van der Waals surface area contributed by atoms with E-state index in [1.54, 1.807) is 13.8 Å². The van der Waals surface area contributed by atoms with E-state index in [-0.39, 0.29) is 24.7 Å². The third-order valence-corrected chi connectivity index (χ3v) is 2.00. The molecule has 92 valence electrons. The van der Waals surface area contributed by atoms with Gasteiger partial charge in [-0.15, -0.1) is 0 Å². The molecule has 5 heteroatoms. The Bertz CT molecular complexity index is 415. The van der Waals surface area contributed by atoms with Crippen molar-refractivity contribution < 1.29 is 23.5 Å². The maximum Gasteiger partial charge on any atom is 0.313 e. The first-order valence-corrected chi connectivity index (χ1v) is 5.10. The van der Waals surface area contributed by atoms with Crippen molar-refractivity contribution in [2.45, 2.75) is 20.5 Å². The molecule has 0 bridgehead atoms. The van der Waals surface area contributed by atoms with Crippen LogP contribution in [0.5, 0.6) is 5.75 Å². The molecule has 0 aliphatic carbocycles. The van der Waals surface area contributed by atoms with Crippen LogP contribution in [0.1, 0.15) is 19.4 Å². The predicted molar refractivity (Wildman–Crippen MR) is 57.7 cm³/mol. The Morgan fingerprint density at radius 3 is 2.71 bits per heavy atom. The van der Waals surface area contributed by atoms with Crippen molar-refractivity contribution in [3.05, 3.63) is 29.6 Å². The van der Waals surface area contributed by atoms with Gasteiger partial charge in [0.1, 0.15) is 6.61 Å². The van der Waals surface area contributed by atoms with Gasteiger partial charge in [0.15, 0.2) is 11.6 Å². The molecule has 0 aliphatic heterocycles. The number of benzene rings is 1. The summed E-state index contributed by atoms with van der Waals surface area (Å²) in [6, 6.07) is 4.01. The largest absolute Gasteiger partial charge is 0.463 e. The number of ether oxygens (including phenoxy) is 2.